The molecule has 2 rings (SSSR count). The zero-order chi connectivity index (χ0) is 13.0. The van der Waals surface area contributed by atoms with E-state index in [4.69, 9.17) is 0 Å². The topological polar surface area (TPSA) is 92.2 Å². The Balaban J connectivity index is 2.04. The van der Waals surface area contributed by atoms with Gasteiger partial charge in [0.15, 0.2) is 0 Å². The van der Waals surface area contributed by atoms with Crippen LogP contribution < -0.4 is 5.32 Å². The molecule has 1 aromatic rings. The molecule has 2 N–H and O–H groups in total. The molecular formula is C11H15N3O3S. The maximum Gasteiger partial charge on any atom is 0.308 e. The van der Waals surface area contributed by atoms with Gasteiger partial charge in [0.2, 0.25) is 0 Å². The standard InChI is InChI=1S/C11H15N3O3S/c15-10(9-6-12-14-18-9)13-8-5-3-1-2-4-7(8)11(16)17/h6-8H,1-5H2,(H,13,15)(H,16,17). The van der Waals surface area contributed by atoms with Crippen LogP contribution in [0.25, 0.3) is 0 Å². The van der Waals surface area contributed by atoms with Crippen molar-refractivity contribution in [3.05, 3.63) is 11.1 Å². The lowest BCUT2D eigenvalue weighted by Crippen LogP contribution is -2.42. The quantitative estimate of drug-likeness (QED) is 0.807. The summed E-state index contributed by atoms with van der Waals surface area (Å²) >= 11 is 1.01. The van der Waals surface area contributed by atoms with Crippen molar-refractivity contribution < 1.29 is 14.7 Å². The molecule has 0 saturated heterocycles. The van der Waals surface area contributed by atoms with E-state index in [9.17, 15) is 14.7 Å². The van der Waals surface area contributed by atoms with Gasteiger partial charge in [0.05, 0.1) is 12.1 Å². The van der Waals surface area contributed by atoms with E-state index in [2.05, 4.69) is 14.9 Å². The van der Waals surface area contributed by atoms with Gasteiger partial charge in [-0.25, -0.2) is 0 Å². The second-order valence-corrected chi connectivity index (χ2v) is 5.23. The van der Waals surface area contributed by atoms with Crippen molar-refractivity contribution in [3.8, 4) is 0 Å². The number of rotatable bonds is 3. The Morgan fingerprint density at radius 3 is 2.78 bits per heavy atom. The summed E-state index contributed by atoms with van der Waals surface area (Å²) in [5.74, 6) is -1.59. The van der Waals surface area contributed by atoms with Gasteiger partial charge in [-0.1, -0.05) is 23.8 Å². The first kappa shape index (κ1) is 12.9. The van der Waals surface area contributed by atoms with Gasteiger partial charge in [0, 0.05) is 6.04 Å². The summed E-state index contributed by atoms with van der Waals surface area (Å²) in [5.41, 5.74) is 0. The minimum absolute atomic E-state index is 0.275. The van der Waals surface area contributed by atoms with Gasteiger partial charge in [-0.3, -0.25) is 9.59 Å². The van der Waals surface area contributed by atoms with Crippen molar-refractivity contribution in [3.63, 3.8) is 0 Å². The fourth-order valence-electron chi connectivity index (χ4n) is 2.28. The van der Waals surface area contributed by atoms with E-state index in [1.165, 1.54) is 6.20 Å². The van der Waals surface area contributed by atoms with Gasteiger partial charge in [0.1, 0.15) is 4.88 Å². The SMILES string of the molecule is O=C(NC1CCCCCC1C(=O)O)c1cnns1. The molecule has 6 nitrogen and oxygen atoms in total. The molecule has 0 aromatic carbocycles. The Hall–Kier alpha value is -1.50. The van der Waals surface area contributed by atoms with Gasteiger partial charge in [-0.2, -0.15) is 0 Å². The molecule has 1 aliphatic carbocycles. The van der Waals surface area contributed by atoms with E-state index in [1.54, 1.807) is 0 Å². The minimum Gasteiger partial charge on any atom is -0.481 e. The van der Waals surface area contributed by atoms with Crippen LogP contribution in [-0.2, 0) is 4.79 Å². The number of nitrogens with zero attached hydrogens (tertiary/aromatic N) is 2. The Bertz CT molecular complexity index is 421. The van der Waals surface area contributed by atoms with E-state index >= 15 is 0 Å². The normalized spacial score (nSPS) is 24.2. The summed E-state index contributed by atoms with van der Waals surface area (Å²) in [6.07, 6.45) is 5.63. The lowest BCUT2D eigenvalue weighted by molar-refractivity contribution is -0.142. The second-order valence-electron chi connectivity index (χ2n) is 4.44. The predicted molar refractivity (Wildman–Crippen MR) is 65.4 cm³/mol. The molecule has 0 aliphatic heterocycles. The number of hydrogen-bond donors (Lipinski definition) is 2. The Labute approximate surface area is 109 Å². The summed E-state index contributed by atoms with van der Waals surface area (Å²) in [7, 11) is 0. The van der Waals surface area contributed by atoms with Crippen LogP contribution in [0.2, 0.25) is 0 Å². The van der Waals surface area contributed by atoms with E-state index in [1.807, 2.05) is 0 Å². The maximum atomic E-state index is 11.9. The lowest BCUT2D eigenvalue weighted by atomic mass is 9.95. The highest BCUT2D eigenvalue weighted by atomic mass is 32.1. The van der Waals surface area contributed by atoms with Crippen LogP contribution in [0.4, 0.5) is 0 Å². The third kappa shape index (κ3) is 3.04. The van der Waals surface area contributed by atoms with Gasteiger partial charge >= 0.3 is 5.97 Å². The molecule has 1 heterocycles. The van der Waals surface area contributed by atoms with Crippen LogP contribution in [0.5, 0.6) is 0 Å². The molecule has 2 atom stereocenters. The lowest BCUT2D eigenvalue weighted by Gasteiger charge is -2.22. The molecule has 7 heteroatoms. The zero-order valence-electron chi connectivity index (χ0n) is 9.83. The fraction of sp³-hybridized carbons (Fsp3) is 0.636. The number of aliphatic carboxylic acids is 1. The highest BCUT2D eigenvalue weighted by Gasteiger charge is 2.31. The summed E-state index contributed by atoms with van der Waals surface area (Å²) in [5, 5.41) is 15.6. The largest absolute Gasteiger partial charge is 0.481 e. The molecule has 1 fully saturated rings. The van der Waals surface area contributed by atoms with Gasteiger partial charge in [-0.05, 0) is 24.4 Å². The monoisotopic (exact) mass is 269 g/mol. The first-order valence-corrected chi connectivity index (χ1v) is 6.77. The number of carbonyl (C=O) groups excluding carboxylic acids is 1. The van der Waals surface area contributed by atoms with E-state index in [0.717, 1.165) is 37.2 Å². The van der Waals surface area contributed by atoms with Crippen LogP contribution in [0, 0.1) is 5.92 Å². The molecule has 0 radical (unpaired) electrons. The molecule has 1 aromatic heterocycles. The highest BCUT2D eigenvalue weighted by molar-refractivity contribution is 7.07. The summed E-state index contributed by atoms with van der Waals surface area (Å²) < 4.78 is 3.62. The maximum absolute atomic E-state index is 11.9. The smallest absolute Gasteiger partial charge is 0.308 e. The first-order valence-electron chi connectivity index (χ1n) is 5.99. The molecule has 98 valence electrons. The number of hydrogen-bond acceptors (Lipinski definition) is 5. The minimum atomic E-state index is -0.829. The third-order valence-electron chi connectivity index (χ3n) is 3.23. The number of nitrogens with one attached hydrogen (secondary N) is 1. The van der Waals surface area contributed by atoms with E-state index < -0.39 is 11.9 Å². The van der Waals surface area contributed by atoms with Crippen LogP contribution in [-0.4, -0.2) is 32.6 Å². The number of amides is 1. The van der Waals surface area contributed by atoms with Crippen molar-refractivity contribution in [1.82, 2.24) is 14.9 Å². The average Bonchev–Trinajstić information content (AvgIpc) is 2.77. The summed E-state index contributed by atoms with van der Waals surface area (Å²) in [4.78, 5) is 23.5. The Kier molecular flexibility index (Phi) is 4.24. The van der Waals surface area contributed by atoms with Crippen molar-refractivity contribution in [2.24, 2.45) is 5.92 Å². The number of carboxylic acids is 1. The van der Waals surface area contributed by atoms with Crippen LogP contribution in [0.15, 0.2) is 6.20 Å². The molecule has 2 unspecified atom stereocenters. The second kappa shape index (κ2) is 5.90. The van der Waals surface area contributed by atoms with Gasteiger partial charge in [-0.15, -0.1) is 5.10 Å². The van der Waals surface area contributed by atoms with Gasteiger partial charge < -0.3 is 10.4 Å². The van der Waals surface area contributed by atoms with Crippen molar-refractivity contribution >= 4 is 23.4 Å². The van der Waals surface area contributed by atoms with Crippen LogP contribution in [0.3, 0.4) is 0 Å². The third-order valence-corrected chi connectivity index (χ3v) is 3.90. The van der Waals surface area contributed by atoms with E-state index in [0.29, 0.717) is 11.3 Å². The van der Waals surface area contributed by atoms with E-state index in [-0.39, 0.29) is 11.9 Å². The molecular weight excluding hydrogens is 254 g/mol. The van der Waals surface area contributed by atoms with Crippen LogP contribution >= 0.6 is 11.5 Å². The van der Waals surface area contributed by atoms with Crippen molar-refractivity contribution in [2.75, 3.05) is 0 Å². The zero-order valence-corrected chi connectivity index (χ0v) is 10.7. The number of carbonyl (C=O) groups is 2. The molecule has 1 amide bonds. The van der Waals surface area contributed by atoms with Crippen molar-refractivity contribution in [2.45, 2.75) is 38.1 Å². The van der Waals surface area contributed by atoms with Gasteiger partial charge in [0.25, 0.3) is 5.91 Å². The summed E-state index contributed by atoms with van der Waals surface area (Å²) in [6, 6.07) is -0.292. The number of aromatic nitrogens is 2. The fourth-order valence-corrected chi connectivity index (χ4v) is 2.70. The Morgan fingerprint density at radius 2 is 2.11 bits per heavy atom. The van der Waals surface area contributed by atoms with Crippen LogP contribution in [0.1, 0.15) is 41.8 Å². The molecule has 1 aliphatic rings. The summed E-state index contributed by atoms with van der Waals surface area (Å²) in [6.45, 7) is 0. The molecule has 0 bridgehead atoms. The van der Waals surface area contributed by atoms with Crippen molar-refractivity contribution in [1.29, 1.82) is 0 Å². The Morgan fingerprint density at radius 1 is 1.33 bits per heavy atom. The predicted octanol–water partition coefficient (Wildman–Crippen LogP) is 1.30. The average molecular weight is 269 g/mol. The first-order chi connectivity index (χ1) is 8.68. The highest BCUT2D eigenvalue weighted by Crippen LogP contribution is 2.24. The molecule has 18 heavy (non-hydrogen) atoms. The number of carboxylic acid groups (broad SMARTS) is 1. The molecule has 0 spiro atoms. The molecule has 1 saturated carbocycles.